The van der Waals surface area contributed by atoms with E-state index >= 15 is 0 Å². The molecule has 0 aliphatic carbocycles. The van der Waals surface area contributed by atoms with Gasteiger partial charge in [-0.2, -0.15) is 11.3 Å². The van der Waals surface area contributed by atoms with Gasteiger partial charge in [0.1, 0.15) is 0 Å². The van der Waals surface area contributed by atoms with E-state index in [0.29, 0.717) is 24.4 Å². The van der Waals surface area contributed by atoms with E-state index < -0.39 is 0 Å². The van der Waals surface area contributed by atoms with Crippen LogP contribution in [-0.2, 0) is 0 Å². The van der Waals surface area contributed by atoms with Gasteiger partial charge >= 0.3 is 0 Å². The van der Waals surface area contributed by atoms with E-state index in [1.54, 1.807) is 13.0 Å². The molecule has 0 radical (unpaired) electrons. The van der Waals surface area contributed by atoms with Crippen molar-refractivity contribution in [3.8, 4) is 0 Å². The minimum absolute atomic E-state index is 0.0336. The summed E-state index contributed by atoms with van der Waals surface area (Å²) < 4.78 is 0. The monoisotopic (exact) mass is 227 g/mol. The third kappa shape index (κ3) is 4.44. The van der Waals surface area contributed by atoms with Crippen molar-refractivity contribution in [2.45, 2.75) is 26.4 Å². The second kappa shape index (κ2) is 5.88. The van der Waals surface area contributed by atoms with Crippen LogP contribution in [0.25, 0.3) is 0 Å². The fourth-order valence-electron chi connectivity index (χ4n) is 1.43. The lowest BCUT2D eigenvalue weighted by Gasteiger charge is -2.13. The lowest BCUT2D eigenvalue weighted by Crippen LogP contribution is -2.29. The van der Waals surface area contributed by atoms with Gasteiger partial charge in [-0.25, -0.2) is 0 Å². The van der Waals surface area contributed by atoms with Crippen LogP contribution in [0.3, 0.4) is 0 Å². The molecule has 2 N–H and O–H groups in total. The second-order valence-electron chi connectivity index (χ2n) is 3.91. The van der Waals surface area contributed by atoms with Crippen molar-refractivity contribution < 1.29 is 9.90 Å². The average molecular weight is 227 g/mol. The molecule has 0 saturated heterocycles. The molecule has 84 valence electrons. The number of amides is 1. The minimum atomic E-state index is -0.307. The highest BCUT2D eigenvalue weighted by Crippen LogP contribution is 2.07. The highest BCUT2D eigenvalue weighted by molar-refractivity contribution is 7.08. The van der Waals surface area contributed by atoms with E-state index in [4.69, 9.17) is 5.11 Å². The van der Waals surface area contributed by atoms with Crippen LogP contribution < -0.4 is 5.32 Å². The Bertz CT molecular complexity index is 296. The Morgan fingerprint density at radius 3 is 2.87 bits per heavy atom. The van der Waals surface area contributed by atoms with Gasteiger partial charge in [0.25, 0.3) is 5.91 Å². The number of carbonyl (C=O) groups excluding carboxylic acids is 1. The largest absolute Gasteiger partial charge is 0.393 e. The number of hydrogen-bond donors (Lipinski definition) is 2. The smallest absolute Gasteiger partial charge is 0.252 e. The molecule has 2 atom stereocenters. The van der Waals surface area contributed by atoms with Gasteiger partial charge in [-0.05, 0) is 30.7 Å². The molecule has 3 nitrogen and oxygen atoms in total. The van der Waals surface area contributed by atoms with Crippen LogP contribution in [0.1, 0.15) is 30.6 Å². The first-order valence-electron chi connectivity index (χ1n) is 5.08. The number of aliphatic hydroxyl groups is 1. The first kappa shape index (κ1) is 12.2. The SMILES string of the molecule is CC(O)CC(C)CNC(=O)c1ccsc1. The van der Waals surface area contributed by atoms with Crippen LogP contribution in [0.5, 0.6) is 0 Å². The molecule has 0 saturated carbocycles. The number of rotatable bonds is 5. The predicted molar refractivity (Wildman–Crippen MR) is 62.1 cm³/mol. The zero-order valence-corrected chi connectivity index (χ0v) is 9.88. The summed E-state index contributed by atoms with van der Waals surface area (Å²) in [6.45, 7) is 4.39. The Hall–Kier alpha value is -0.870. The number of thiophene rings is 1. The predicted octanol–water partition coefficient (Wildman–Crippen LogP) is 1.88. The van der Waals surface area contributed by atoms with Gasteiger partial charge in [-0.15, -0.1) is 0 Å². The molecule has 1 aromatic heterocycles. The van der Waals surface area contributed by atoms with Gasteiger partial charge in [0, 0.05) is 17.5 Å². The van der Waals surface area contributed by atoms with E-state index in [0.717, 1.165) is 0 Å². The van der Waals surface area contributed by atoms with Gasteiger partial charge in [-0.3, -0.25) is 4.79 Å². The van der Waals surface area contributed by atoms with Crippen molar-refractivity contribution in [2.24, 2.45) is 5.92 Å². The Balaban J connectivity index is 2.28. The number of aliphatic hydroxyl groups excluding tert-OH is 1. The highest BCUT2D eigenvalue weighted by atomic mass is 32.1. The van der Waals surface area contributed by atoms with Crippen molar-refractivity contribution >= 4 is 17.2 Å². The van der Waals surface area contributed by atoms with Crippen LogP contribution in [0.4, 0.5) is 0 Å². The van der Waals surface area contributed by atoms with E-state index in [1.165, 1.54) is 11.3 Å². The van der Waals surface area contributed by atoms with Crippen LogP contribution in [0, 0.1) is 5.92 Å². The summed E-state index contributed by atoms with van der Waals surface area (Å²) in [6.07, 6.45) is 0.405. The fraction of sp³-hybridized carbons (Fsp3) is 0.545. The van der Waals surface area contributed by atoms with Crippen molar-refractivity contribution in [3.63, 3.8) is 0 Å². The van der Waals surface area contributed by atoms with E-state index in [-0.39, 0.29) is 12.0 Å². The van der Waals surface area contributed by atoms with E-state index in [9.17, 15) is 4.79 Å². The maximum atomic E-state index is 11.5. The topological polar surface area (TPSA) is 49.3 Å². The first-order chi connectivity index (χ1) is 7.09. The molecule has 0 aliphatic heterocycles. The van der Waals surface area contributed by atoms with E-state index in [2.05, 4.69) is 5.32 Å². The molecule has 15 heavy (non-hydrogen) atoms. The molecule has 1 rings (SSSR count). The fourth-order valence-corrected chi connectivity index (χ4v) is 2.06. The summed E-state index contributed by atoms with van der Waals surface area (Å²) in [5.41, 5.74) is 0.712. The van der Waals surface area contributed by atoms with Crippen LogP contribution >= 0.6 is 11.3 Å². The van der Waals surface area contributed by atoms with Gasteiger partial charge in [0.05, 0.1) is 6.10 Å². The molecular weight excluding hydrogens is 210 g/mol. The standard InChI is InChI=1S/C11H17NO2S/c1-8(5-9(2)13)6-12-11(14)10-3-4-15-7-10/h3-4,7-9,13H,5-6H2,1-2H3,(H,12,14). The lowest BCUT2D eigenvalue weighted by atomic mass is 10.0. The van der Waals surface area contributed by atoms with Crippen molar-refractivity contribution in [1.29, 1.82) is 0 Å². The molecule has 0 aliphatic rings. The average Bonchev–Trinajstić information content (AvgIpc) is 2.65. The van der Waals surface area contributed by atoms with Crippen molar-refractivity contribution in [1.82, 2.24) is 5.32 Å². The normalized spacial score (nSPS) is 14.6. The summed E-state index contributed by atoms with van der Waals surface area (Å²) in [6, 6.07) is 1.80. The summed E-state index contributed by atoms with van der Waals surface area (Å²) >= 11 is 1.51. The molecule has 1 amide bonds. The molecule has 1 aromatic rings. The molecular formula is C11H17NO2S. The van der Waals surface area contributed by atoms with E-state index in [1.807, 2.05) is 17.7 Å². The summed E-state index contributed by atoms with van der Waals surface area (Å²) in [7, 11) is 0. The molecule has 4 heteroatoms. The Morgan fingerprint density at radius 2 is 2.33 bits per heavy atom. The zero-order chi connectivity index (χ0) is 11.3. The van der Waals surface area contributed by atoms with Gasteiger partial charge in [0.2, 0.25) is 0 Å². The summed E-state index contributed by atoms with van der Waals surface area (Å²) in [5, 5.41) is 15.7. The van der Waals surface area contributed by atoms with Crippen LogP contribution in [-0.4, -0.2) is 23.7 Å². The molecule has 1 heterocycles. The lowest BCUT2D eigenvalue weighted by molar-refractivity contribution is 0.0940. The summed E-state index contributed by atoms with van der Waals surface area (Å²) in [5.74, 6) is 0.265. The quantitative estimate of drug-likeness (QED) is 0.807. The first-order valence-corrected chi connectivity index (χ1v) is 6.02. The number of nitrogens with one attached hydrogen (secondary N) is 1. The molecule has 0 aromatic carbocycles. The third-order valence-electron chi connectivity index (χ3n) is 2.14. The van der Waals surface area contributed by atoms with Gasteiger partial charge in [-0.1, -0.05) is 6.92 Å². The Morgan fingerprint density at radius 1 is 1.60 bits per heavy atom. The van der Waals surface area contributed by atoms with Crippen molar-refractivity contribution in [3.05, 3.63) is 22.4 Å². The third-order valence-corrected chi connectivity index (χ3v) is 2.82. The second-order valence-corrected chi connectivity index (χ2v) is 4.69. The zero-order valence-electron chi connectivity index (χ0n) is 9.06. The summed E-state index contributed by atoms with van der Waals surface area (Å²) in [4.78, 5) is 11.5. The highest BCUT2D eigenvalue weighted by Gasteiger charge is 2.09. The maximum absolute atomic E-state index is 11.5. The molecule has 0 bridgehead atoms. The minimum Gasteiger partial charge on any atom is -0.393 e. The number of hydrogen-bond acceptors (Lipinski definition) is 3. The van der Waals surface area contributed by atoms with Gasteiger partial charge < -0.3 is 10.4 Å². The maximum Gasteiger partial charge on any atom is 0.252 e. The molecule has 0 spiro atoms. The molecule has 0 fully saturated rings. The van der Waals surface area contributed by atoms with Crippen LogP contribution in [0.15, 0.2) is 16.8 Å². The Kier molecular flexibility index (Phi) is 4.78. The van der Waals surface area contributed by atoms with Crippen molar-refractivity contribution in [2.75, 3.05) is 6.54 Å². The van der Waals surface area contributed by atoms with Gasteiger partial charge in [0.15, 0.2) is 0 Å². The number of carbonyl (C=O) groups is 1. The molecule has 2 unspecified atom stereocenters. The Labute approximate surface area is 94.1 Å². The van der Waals surface area contributed by atoms with Crippen LogP contribution in [0.2, 0.25) is 0 Å².